The van der Waals surface area contributed by atoms with Gasteiger partial charge in [0.15, 0.2) is 0 Å². The molecule has 0 fully saturated rings. The zero-order valence-corrected chi connectivity index (χ0v) is 15.4. The van der Waals surface area contributed by atoms with Crippen LogP contribution in [-0.4, -0.2) is 21.9 Å². The molecule has 2 aromatic heterocycles. The number of benzene rings is 1. The predicted molar refractivity (Wildman–Crippen MR) is 104 cm³/mol. The minimum Gasteiger partial charge on any atom is -0.345 e. The number of rotatable bonds is 8. The van der Waals surface area contributed by atoms with Crippen LogP contribution >= 0.6 is 11.3 Å². The smallest absolute Gasteiger partial charge is 0.228 e. The van der Waals surface area contributed by atoms with Crippen LogP contribution in [0, 0.1) is 0 Å². The Hall–Kier alpha value is -2.33. The van der Waals surface area contributed by atoms with Crippen LogP contribution in [0.5, 0.6) is 0 Å². The number of carbonyl (C=O) groups is 1. The summed E-state index contributed by atoms with van der Waals surface area (Å²) in [5.74, 6) is 0.205. The van der Waals surface area contributed by atoms with Gasteiger partial charge in [0.2, 0.25) is 5.91 Å². The monoisotopic (exact) mass is 352 g/mol. The summed E-state index contributed by atoms with van der Waals surface area (Å²) < 4.78 is 2.23. The molecule has 0 radical (unpaired) electrons. The number of amides is 1. The third-order valence-electron chi connectivity index (χ3n) is 4.22. The van der Waals surface area contributed by atoms with Crippen molar-refractivity contribution in [1.29, 1.82) is 0 Å². The maximum Gasteiger partial charge on any atom is 0.228 e. The minimum atomic E-state index is 0.205. The molecule has 0 bridgehead atoms. The molecule has 0 atom stereocenters. The highest BCUT2D eigenvalue weighted by Crippen LogP contribution is 2.14. The van der Waals surface area contributed by atoms with Crippen molar-refractivity contribution in [3.8, 4) is 0 Å². The third kappa shape index (κ3) is 4.83. The molecule has 0 saturated heterocycles. The molecule has 2 heterocycles. The van der Waals surface area contributed by atoms with Gasteiger partial charge in [0, 0.05) is 29.9 Å². The topological polar surface area (TPSA) is 25.2 Å². The summed E-state index contributed by atoms with van der Waals surface area (Å²) in [5, 5.41) is 2.03. The van der Waals surface area contributed by atoms with E-state index in [1.54, 1.807) is 11.3 Å². The highest BCUT2D eigenvalue weighted by molar-refractivity contribution is 7.10. The lowest BCUT2D eigenvalue weighted by Gasteiger charge is -2.23. The molecule has 0 saturated carbocycles. The Kier molecular flexibility index (Phi) is 6.07. The van der Waals surface area contributed by atoms with Gasteiger partial charge in [-0.25, -0.2) is 0 Å². The molecule has 0 aliphatic rings. The second-order valence-electron chi connectivity index (χ2n) is 6.18. The molecule has 4 heteroatoms. The molecule has 1 aromatic carbocycles. The maximum absolute atomic E-state index is 12.7. The molecule has 0 aliphatic heterocycles. The van der Waals surface area contributed by atoms with Crippen LogP contribution in [-0.2, 0) is 24.3 Å². The van der Waals surface area contributed by atoms with Crippen LogP contribution in [0.2, 0.25) is 0 Å². The average Bonchev–Trinajstić information content (AvgIpc) is 3.28. The van der Waals surface area contributed by atoms with E-state index < -0.39 is 0 Å². The fraction of sp³-hybridized carbons (Fsp3) is 0.286. The standard InChI is InChI=1S/C21H24N2OS/c1-2-12-23(21(24)15-20-11-7-14-25-20)17-19-10-6-13-22(19)16-18-8-4-3-5-9-18/h3-11,13-14H,2,12,15-17H2,1H3. The minimum absolute atomic E-state index is 0.205. The molecule has 1 amide bonds. The third-order valence-corrected chi connectivity index (χ3v) is 5.10. The van der Waals surface area contributed by atoms with Crippen LogP contribution in [0.4, 0.5) is 0 Å². The highest BCUT2D eigenvalue weighted by Gasteiger charge is 2.16. The molecule has 130 valence electrons. The lowest BCUT2D eigenvalue weighted by Crippen LogP contribution is -2.33. The molecule has 25 heavy (non-hydrogen) atoms. The second kappa shape index (κ2) is 8.67. The average molecular weight is 353 g/mol. The van der Waals surface area contributed by atoms with E-state index >= 15 is 0 Å². The Morgan fingerprint density at radius 2 is 1.92 bits per heavy atom. The van der Waals surface area contributed by atoms with Crippen molar-refractivity contribution in [3.05, 3.63) is 82.3 Å². The van der Waals surface area contributed by atoms with Crippen LogP contribution in [0.25, 0.3) is 0 Å². The van der Waals surface area contributed by atoms with Crippen molar-refractivity contribution in [1.82, 2.24) is 9.47 Å². The van der Waals surface area contributed by atoms with Crippen molar-refractivity contribution < 1.29 is 4.79 Å². The van der Waals surface area contributed by atoms with E-state index in [1.165, 1.54) is 11.3 Å². The van der Waals surface area contributed by atoms with E-state index in [-0.39, 0.29) is 5.91 Å². The molecule has 3 aromatic rings. The number of aromatic nitrogens is 1. The zero-order chi connectivity index (χ0) is 17.5. The first-order valence-electron chi connectivity index (χ1n) is 8.74. The largest absolute Gasteiger partial charge is 0.345 e. The van der Waals surface area contributed by atoms with Gasteiger partial charge in [-0.1, -0.05) is 43.3 Å². The molecular weight excluding hydrogens is 328 g/mol. The highest BCUT2D eigenvalue weighted by atomic mass is 32.1. The Morgan fingerprint density at radius 3 is 2.64 bits per heavy atom. The van der Waals surface area contributed by atoms with Gasteiger partial charge in [-0.15, -0.1) is 11.3 Å². The summed E-state index contributed by atoms with van der Waals surface area (Å²) in [6.07, 6.45) is 3.56. The summed E-state index contributed by atoms with van der Waals surface area (Å²) in [4.78, 5) is 15.8. The summed E-state index contributed by atoms with van der Waals surface area (Å²) in [6.45, 7) is 4.41. The molecule has 0 N–H and O–H groups in total. The zero-order valence-electron chi connectivity index (χ0n) is 14.6. The van der Waals surface area contributed by atoms with E-state index in [2.05, 4.69) is 54.1 Å². The molecule has 3 nitrogen and oxygen atoms in total. The van der Waals surface area contributed by atoms with Gasteiger partial charge < -0.3 is 9.47 Å². The van der Waals surface area contributed by atoms with E-state index in [0.29, 0.717) is 13.0 Å². The Balaban J connectivity index is 1.70. The molecule has 3 rings (SSSR count). The fourth-order valence-electron chi connectivity index (χ4n) is 2.96. The van der Waals surface area contributed by atoms with Crippen molar-refractivity contribution in [2.75, 3.05) is 6.54 Å². The van der Waals surface area contributed by atoms with Gasteiger partial charge in [0.05, 0.1) is 13.0 Å². The molecule has 0 unspecified atom stereocenters. The van der Waals surface area contributed by atoms with Crippen molar-refractivity contribution in [3.63, 3.8) is 0 Å². The van der Waals surface area contributed by atoms with Crippen LogP contribution in [0.1, 0.15) is 29.5 Å². The summed E-state index contributed by atoms with van der Waals surface area (Å²) in [5.41, 5.74) is 2.45. The Morgan fingerprint density at radius 1 is 1.08 bits per heavy atom. The van der Waals surface area contributed by atoms with Crippen LogP contribution < -0.4 is 0 Å². The van der Waals surface area contributed by atoms with Crippen LogP contribution in [0.3, 0.4) is 0 Å². The van der Waals surface area contributed by atoms with E-state index in [0.717, 1.165) is 24.4 Å². The number of thiophene rings is 1. The number of nitrogens with zero attached hydrogens (tertiary/aromatic N) is 2. The molecule has 0 spiro atoms. The van der Waals surface area contributed by atoms with Crippen LogP contribution in [0.15, 0.2) is 66.2 Å². The lowest BCUT2D eigenvalue weighted by molar-refractivity contribution is -0.131. The predicted octanol–water partition coefficient (Wildman–Crippen LogP) is 4.58. The maximum atomic E-state index is 12.7. The SMILES string of the molecule is CCCN(Cc1cccn1Cc1ccccc1)C(=O)Cc1cccs1. The van der Waals surface area contributed by atoms with Gasteiger partial charge in [-0.3, -0.25) is 4.79 Å². The van der Waals surface area contributed by atoms with Gasteiger partial charge in [-0.05, 0) is 35.6 Å². The molecule has 0 aliphatic carbocycles. The van der Waals surface area contributed by atoms with Gasteiger partial charge in [-0.2, -0.15) is 0 Å². The Labute approximate surface area is 153 Å². The Bertz CT molecular complexity index is 777. The first-order chi connectivity index (χ1) is 12.3. The number of carbonyl (C=O) groups excluding carboxylic acids is 1. The lowest BCUT2D eigenvalue weighted by atomic mass is 10.2. The van der Waals surface area contributed by atoms with Crippen molar-refractivity contribution in [2.24, 2.45) is 0 Å². The van der Waals surface area contributed by atoms with Gasteiger partial charge in [0.25, 0.3) is 0 Å². The molecular formula is C21H24N2OS. The van der Waals surface area contributed by atoms with Crippen molar-refractivity contribution in [2.45, 2.75) is 32.9 Å². The first-order valence-corrected chi connectivity index (χ1v) is 9.62. The van der Waals surface area contributed by atoms with E-state index in [9.17, 15) is 4.79 Å². The number of hydrogen-bond donors (Lipinski definition) is 0. The number of hydrogen-bond acceptors (Lipinski definition) is 2. The summed E-state index contributed by atoms with van der Waals surface area (Å²) in [6, 6.07) is 18.6. The van der Waals surface area contributed by atoms with Crippen molar-refractivity contribution >= 4 is 17.2 Å². The van der Waals surface area contributed by atoms with Gasteiger partial charge in [0.1, 0.15) is 0 Å². The fourth-order valence-corrected chi connectivity index (χ4v) is 3.65. The van der Waals surface area contributed by atoms with E-state index in [4.69, 9.17) is 0 Å². The summed E-state index contributed by atoms with van der Waals surface area (Å²) in [7, 11) is 0. The van der Waals surface area contributed by atoms with Gasteiger partial charge >= 0.3 is 0 Å². The normalized spacial score (nSPS) is 10.8. The quantitative estimate of drug-likeness (QED) is 0.582. The second-order valence-corrected chi connectivity index (χ2v) is 7.22. The van der Waals surface area contributed by atoms with E-state index in [1.807, 2.05) is 28.5 Å². The first kappa shape index (κ1) is 17.5. The summed E-state index contributed by atoms with van der Waals surface area (Å²) >= 11 is 1.65.